The van der Waals surface area contributed by atoms with E-state index in [1.165, 1.54) is 29.4 Å². The first-order chi connectivity index (χ1) is 18.9. The lowest BCUT2D eigenvalue weighted by atomic mass is 10.0. The molecule has 0 spiro atoms. The molecule has 0 saturated carbocycles. The van der Waals surface area contributed by atoms with Gasteiger partial charge in [0.25, 0.3) is 0 Å². The summed E-state index contributed by atoms with van der Waals surface area (Å²) in [4.78, 5) is 40.7. The van der Waals surface area contributed by atoms with E-state index >= 15 is 0 Å². The lowest BCUT2D eigenvalue weighted by Gasteiger charge is -2.26. The number of aromatic nitrogens is 4. The third kappa shape index (κ3) is 6.41. The van der Waals surface area contributed by atoms with Crippen molar-refractivity contribution in [1.29, 1.82) is 0 Å². The Morgan fingerprint density at radius 1 is 1.18 bits per heavy atom. The molecule has 1 saturated heterocycles. The number of nitrogens with one attached hydrogen (secondary N) is 2. The minimum atomic E-state index is -1.30. The highest BCUT2D eigenvalue weighted by Crippen LogP contribution is 2.32. The maximum atomic E-state index is 13.5. The molecule has 0 unspecified atom stereocenters. The van der Waals surface area contributed by atoms with E-state index in [-0.39, 0.29) is 12.2 Å². The van der Waals surface area contributed by atoms with Crippen molar-refractivity contribution in [3.05, 3.63) is 42.5 Å². The van der Waals surface area contributed by atoms with Gasteiger partial charge in [-0.25, -0.2) is 19.7 Å². The summed E-state index contributed by atoms with van der Waals surface area (Å²) in [5, 5.41) is 36.2. The predicted octanol–water partition coefficient (Wildman–Crippen LogP) is 0.469. The standard InChI is InChI=1S/C26H35N7O7/c1-26(2,3)40-25(38)30-16(10-14-6-8-15(35)9-7-14)23(37)31-18-17(11-34)39-24(20(18)36)33-13-29-19-21(32(4)5)27-12-28-22(19)33/h6-9,12-13,16-18,20,24,34-36H,10-11H2,1-5H3,(H,30,38)(H,31,37)/t16-,17+,18+,20+,24+/m0/s1. The molecule has 0 aliphatic carbocycles. The Morgan fingerprint density at radius 3 is 2.50 bits per heavy atom. The molecule has 14 heteroatoms. The molecule has 2 aromatic heterocycles. The Balaban J connectivity index is 1.56. The number of amides is 2. The molecule has 1 aliphatic rings. The summed E-state index contributed by atoms with van der Waals surface area (Å²) in [7, 11) is 3.63. The molecule has 0 radical (unpaired) electrons. The van der Waals surface area contributed by atoms with Crippen molar-refractivity contribution in [2.75, 3.05) is 25.6 Å². The van der Waals surface area contributed by atoms with E-state index in [9.17, 15) is 24.9 Å². The van der Waals surface area contributed by atoms with Gasteiger partial charge >= 0.3 is 6.09 Å². The van der Waals surface area contributed by atoms with Crippen LogP contribution in [0.1, 0.15) is 32.6 Å². The summed E-state index contributed by atoms with van der Waals surface area (Å²) in [5.74, 6) is 0.00591. The third-order valence-corrected chi connectivity index (χ3v) is 6.28. The third-order valence-electron chi connectivity index (χ3n) is 6.28. The number of imidazole rings is 1. The summed E-state index contributed by atoms with van der Waals surface area (Å²) in [6.07, 6.45) is -1.19. The largest absolute Gasteiger partial charge is 0.508 e. The van der Waals surface area contributed by atoms with Crippen LogP contribution in [0.25, 0.3) is 11.2 Å². The second kappa shape index (κ2) is 11.6. The minimum Gasteiger partial charge on any atom is -0.508 e. The number of fused-ring (bicyclic) bond motifs is 1. The molecular formula is C26H35N7O7. The second-order valence-corrected chi connectivity index (χ2v) is 10.8. The molecule has 0 bridgehead atoms. The van der Waals surface area contributed by atoms with E-state index in [1.54, 1.807) is 37.8 Å². The second-order valence-electron chi connectivity index (χ2n) is 10.8. The van der Waals surface area contributed by atoms with Gasteiger partial charge in [-0.15, -0.1) is 0 Å². The highest BCUT2D eigenvalue weighted by atomic mass is 16.6. The normalized spacial score (nSPS) is 21.7. The van der Waals surface area contributed by atoms with Gasteiger partial charge in [-0.1, -0.05) is 12.1 Å². The average Bonchev–Trinajstić information content (AvgIpc) is 3.44. The van der Waals surface area contributed by atoms with Gasteiger partial charge < -0.3 is 40.3 Å². The molecule has 3 aromatic rings. The lowest BCUT2D eigenvalue weighted by molar-refractivity contribution is -0.125. The van der Waals surface area contributed by atoms with E-state index < -0.39 is 54.7 Å². The number of ether oxygens (including phenoxy) is 2. The highest BCUT2D eigenvalue weighted by molar-refractivity contribution is 5.86. The van der Waals surface area contributed by atoms with Crippen LogP contribution in [0.3, 0.4) is 0 Å². The Bertz CT molecular complexity index is 1340. The van der Waals surface area contributed by atoms with E-state index in [0.717, 1.165) is 0 Å². The van der Waals surface area contributed by atoms with Crippen LogP contribution in [0.2, 0.25) is 0 Å². The van der Waals surface area contributed by atoms with Crippen LogP contribution < -0.4 is 15.5 Å². The predicted molar refractivity (Wildman–Crippen MR) is 144 cm³/mol. The molecule has 2 amide bonds. The fourth-order valence-corrected chi connectivity index (χ4v) is 4.45. The minimum absolute atomic E-state index is 0.0582. The smallest absolute Gasteiger partial charge is 0.408 e. The van der Waals surface area contributed by atoms with Crippen molar-refractivity contribution in [3.63, 3.8) is 0 Å². The van der Waals surface area contributed by atoms with E-state index in [4.69, 9.17) is 9.47 Å². The summed E-state index contributed by atoms with van der Waals surface area (Å²) in [6.45, 7) is 4.61. The Labute approximate surface area is 231 Å². The number of phenols is 1. The number of carbonyl (C=O) groups excluding carboxylic acids is 2. The van der Waals surface area contributed by atoms with Crippen LogP contribution in [0.5, 0.6) is 5.75 Å². The van der Waals surface area contributed by atoms with Crippen molar-refractivity contribution in [2.24, 2.45) is 0 Å². The monoisotopic (exact) mass is 557 g/mol. The maximum Gasteiger partial charge on any atom is 0.408 e. The molecule has 5 atom stereocenters. The SMILES string of the molecule is CN(C)c1ncnc2c1ncn2[C@@H]1O[C@H](CO)[C@@H](NC(=O)[C@H](Cc2ccc(O)cc2)NC(=O)OC(C)(C)C)[C@H]1O. The topological polar surface area (TPSA) is 184 Å². The van der Waals surface area contributed by atoms with Crippen molar-refractivity contribution in [3.8, 4) is 5.75 Å². The van der Waals surface area contributed by atoms with Crippen LogP contribution in [0.15, 0.2) is 36.9 Å². The van der Waals surface area contributed by atoms with Crippen LogP contribution in [0.4, 0.5) is 10.6 Å². The number of carbonyl (C=O) groups is 2. The first-order valence-electron chi connectivity index (χ1n) is 12.7. The summed E-state index contributed by atoms with van der Waals surface area (Å²) < 4.78 is 12.8. The van der Waals surface area contributed by atoms with Gasteiger partial charge in [-0.3, -0.25) is 9.36 Å². The number of anilines is 1. The fourth-order valence-electron chi connectivity index (χ4n) is 4.45. The van der Waals surface area contributed by atoms with E-state index in [0.29, 0.717) is 22.5 Å². The number of hydrogen-bond acceptors (Lipinski definition) is 11. The zero-order valence-electron chi connectivity index (χ0n) is 23.0. The van der Waals surface area contributed by atoms with Crippen molar-refractivity contribution >= 4 is 29.0 Å². The number of aliphatic hydroxyl groups excluding tert-OH is 2. The molecular weight excluding hydrogens is 522 g/mol. The fraction of sp³-hybridized carbons (Fsp3) is 0.500. The summed E-state index contributed by atoms with van der Waals surface area (Å²) in [5.41, 5.74) is 0.767. The molecule has 1 fully saturated rings. The van der Waals surface area contributed by atoms with Gasteiger partial charge in [-0.2, -0.15) is 0 Å². The molecule has 14 nitrogen and oxygen atoms in total. The number of alkyl carbamates (subject to hydrolysis) is 1. The van der Waals surface area contributed by atoms with Crippen molar-refractivity contribution in [1.82, 2.24) is 30.2 Å². The molecule has 1 aliphatic heterocycles. The number of aromatic hydroxyl groups is 1. The average molecular weight is 558 g/mol. The van der Waals surface area contributed by atoms with E-state index in [2.05, 4.69) is 25.6 Å². The van der Waals surface area contributed by atoms with Gasteiger partial charge in [0.2, 0.25) is 5.91 Å². The lowest BCUT2D eigenvalue weighted by Crippen LogP contribution is -2.56. The number of rotatable bonds is 8. The Kier molecular flexibility index (Phi) is 8.42. The van der Waals surface area contributed by atoms with E-state index in [1.807, 2.05) is 14.1 Å². The number of nitrogens with zero attached hydrogens (tertiary/aromatic N) is 5. The molecule has 4 rings (SSSR count). The first-order valence-corrected chi connectivity index (χ1v) is 12.7. The van der Waals surface area contributed by atoms with Crippen molar-refractivity contribution < 1.29 is 34.4 Å². The van der Waals surface area contributed by atoms with Gasteiger partial charge in [0, 0.05) is 20.5 Å². The van der Waals surface area contributed by atoms with Gasteiger partial charge in [0.15, 0.2) is 23.2 Å². The Hall–Kier alpha value is -4.01. The summed E-state index contributed by atoms with van der Waals surface area (Å²) >= 11 is 0. The number of aliphatic hydroxyl groups is 2. The zero-order valence-corrected chi connectivity index (χ0v) is 23.0. The zero-order chi connectivity index (χ0) is 29.2. The number of benzene rings is 1. The maximum absolute atomic E-state index is 13.5. The molecule has 40 heavy (non-hydrogen) atoms. The molecule has 1 aromatic carbocycles. The van der Waals surface area contributed by atoms with Crippen LogP contribution in [-0.2, 0) is 20.7 Å². The van der Waals surface area contributed by atoms with Crippen LogP contribution in [0, 0.1) is 0 Å². The van der Waals surface area contributed by atoms with Crippen molar-refractivity contribution in [2.45, 2.75) is 63.3 Å². The van der Waals surface area contributed by atoms with Crippen LogP contribution >= 0.6 is 0 Å². The highest BCUT2D eigenvalue weighted by Gasteiger charge is 2.46. The first kappa shape index (κ1) is 29.0. The molecule has 3 heterocycles. The quantitative estimate of drug-likeness (QED) is 0.259. The molecule has 5 N–H and O–H groups in total. The van der Waals surface area contributed by atoms with Gasteiger partial charge in [0.05, 0.1) is 19.0 Å². The summed E-state index contributed by atoms with van der Waals surface area (Å²) in [6, 6.07) is 4.06. The number of hydrogen-bond donors (Lipinski definition) is 5. The van der Waals surface area contributed by atoms with Gasteiger partial charge in [-0.05, 0) is 38.5 Å². The molecule has 216 valence electrons. The van der Waals surface area contributed by atoms with Crippen LogP contribution in [-0.4, -0.2) is 97.4 Å². The number of phenolic OH excluding ortho intramolecular Hbond substituents is 1. The van der Waals surface area contributed by atoms with Gasteiger partial charge in [0.1, 0.15) is 35.9 Å². The Morgan fingerprint density at radius 2 is 1.88 bits per heavy atom.